The molecule has 1 aliphatic heterocycles. The number of rotatable bonds is 8. The van der Waals surface area contributed by atoms with E-state index in [1.165, 1.54) is 24.3 Å². The summed E-state index contributed by atoms with van der Waals surface area (Å²) in [5.74, 6) is -0.000212. The van der Waals surface area contributed by atoms with E-state index in [1.807, 2.05) is 36.1 Å². The molecule has 3 aromatic rings. The molecule has 0 saturated carbocycles. The van der Waals surface area contributed by atoms with Gasteiger partial charge in [0, 0.05) is 39.4 Å². The second-order valence-corrected chi connectivity index (χ2v) is 8.69. The van der Waals surface area contributed by atoms with Crippen molar-refractivity contribution in [2.75, 3.05) is 33.3 Å². The van der Waals surface area contributed by atoms with Crippen LogP contribution in [0.3, 0.4) is 0 Å². The minimum Gasteiger partial charge on any atom is -0.465 e. The van der Waals surface area contributed by atoms with Gasteiger partial charge in [0.25, 0.3) is 0 Å². The monoisotopic (exact) mass is 492 g/mol. The van der Waals surface area contributed by atoms with Gasteiger partial charge in [-0.15, -0.1) is 0 Å². The van der Waals surface area contributed by atoms with E-state index in [1.54, 1.807) is 43.5 Å². The maximum Gasteiger partial charge on any atom is 0.246 e. The molecule has 3 aromatic carbocycles. The number of methoxy groups -OCH3 is 1. The molecule has 0 spiro atoms. The maximum atomic E-state index is 13.6. The van der Waals surface area contributed by atoms with Crippen LogP contribution in [0.5, 0.6) is 5.75 Å². The summed E-state index contributed by atoms with van der Waals surface area (Å²) in [6.45, 7) is 4.18. The number of nitrogens with zero attached hydrogens (tertiary/aromatic N) is 2. The fraction of sp³-hybridized carbons (Fsp3) is 0.276. The van der Waals surface area contributed by atoms with Crippen LogP contribution in [-0.4, -0.2) is 55.3 Å². The molecule has 7 heteroatoms. The second-order valence-electron chi connectivity index (χ2n) is 8.69. The Morgan fingerprint density at radius 2 is 1.47 bits per heavy atom. The van der Waals surface area contributed by atoms with E-state index in [0.29, 0.717) is 31.9 Å². The lowest BCUT2D eigenvalue weighted by Crippen LogP contribution is -2.49. The molecule has 0 N–H and O–H groups in total. The molecule has 1 heterocycles. The lowest BCUT2D eigenvalue weighted by atomic mass is 9.96. The lowest BCUT2D eigenvalue weighted by molar-refractivity contribution is -0.127. The zero-order chi connectivity index (χ0) is 25.5. The molecule has 0 aromatic heterocycles. The number of halogens is 2. The molecule has 188 valence electrons. The van der Waals surface area contributed by atoms with Gasteiger partial charge in [-0.25, -0.2) is 8.78 Å². The highest BCUT2D eigenvalue weighted by Crippen LogP contribution is 2.30. The topological polar surface area (TPSA) is 42.0 Å². The van der Waals surface area contributed by atoms with Crippen LogP contribution in [0.2, 0.25) is 0 Å². The van der Waals surface area contributed by atoms with E-state index < -0.39 is 0 Å². The molecular weight excluding hydrogens is 462 g/mol. The van der Waals surface area contributed by atoms with E-state index in [2.05, 4.69) is 4.90 Å². The number of hydrogen-bond donors (Lipinski definition) is 0. The van der Waals surface area contributed by atoms with Gasteiger partial charge in [-0.2, -0.15) is 0 Å². The summed E-state index contributed by atoms with van der Waals surface area (Å²) in [6, 6.07) is 20.1. The molecule has 1 amide bonds. The number of carbonyl (C=O) groups is 1. The molecule has 5 nitrogen and oxygen atoms in total. The van der Waals surface area contributed by atoms with Gasteiger partial charge >= 0.3 is 0 Å². The smallest absolute Gasteiger partial charge is 0.246 e. The summed E-state index contributed by atoms with van der Waals surface area (Å²) < 4.78 is 37.9. The molecule has 0 radical (unpaired) electrons. The highest BCUT2D eigenvalue weighted by molar-refractivity contribution is 5.91. The van der Waals surface area contributed by atoms with Gasteiger partial charge in [0.2, 0.25) is 5.91 Å². The van der Waals surface area contributed by atoms with Crippen LogP contribution in [0.15, 0.2) is 78.9 Å². The summed E-state index contributed by atoms with van der Waals surface area (Å²) in [7, 11) is 1.58. The number of ether oxygens (including phenoxy) is 2. The summed E-state index contributed by atoms with van der Waals surface area (Å²) in [4.78, 5) is 16.9. The first-order valence-corrected chi connectivity index (χ1v) is 11.9. The van der Waals surface area contributed by atoms with Gasteiger partial charge in [-0.05, 0) is 66.1 Å². The van der Waals surface area contributed by atoms with Gasteiger partial charge in [0.15, 0.2) is 6.29 Å². The van der Waals surface area contributed by atoms with E-state index >= 15 is 0 Å². The number of carbonyl (C=O) groups excluding carboxylic acids is 1. The standard InChI is InChI=1S/C29H30F2N2O3/c1-21(35-2)36-27-5-3-4-22(20-27)6-15-28(34)32-16-18-33(19-17-32)29(23-7-11-25(30)12-8-23)24-9-13-26(31)14-10-24/h3-15,20-21,29H,16-19H2,1-2H3/b15-6+. The first kappa shape index (κ1) is 25.5. The summed E-state index contributed by atoms with van der Waals surface area (Å²) in [6.07, 6.45) is 2.99. The van der Waals surface area contributed by atoms with Crippen molar-refractivity contribution < 1.29 is 23.0 Å². The van der Waals surface area contributed by atoms with Gasteiger partial charge in [-0.3, -0.25) is 9.69 Å². The van der Waals surface area contributed by atoms with Crippen LogP contribution in [0, 0.1) is 11.6 Å². The molecule has 0 bridgehead atoms. The zero-order valence-electron chi connectivity index (χ0n) is 20.4. The fourth-order valence-electron chi connectivity index (χ4n) is 4.31. The first-order valence-electron chi connectivity index (χ1n) is 11.9. The third kappa shape index (κ3) is 6.56. The third-order valence-corrected chi connectivity index (χ3v) is 6.27. The second kappa shape index (κ2) is 11.9. The maximum absolute atomic E-state index is 13.6. The van der Waals surface area contributed by atoms with Crippen molar-refractivity contribution in [1.82, 2.24) is 9.80 Å². The minimum atomic E-state index is -0.365. The summed E-state index contributed by atoms with van der Waals surface area (Å²) >= 11 is 0. The van der Waals surface area contributed by atoms with Crippen molar-refractivity contribution in [2.45, 2.75) is 19.3 Å². The average Bonchev–Trinajstić information content (AvgIpc) is 2.90. The molecule has 0 aliphatic carbocycles. The Labute approximate surface area is 210 Å². The highest BCUT2D eigenvalue weighted by atomic mass is 19.1. The van der Waals surface area contributed by atoms with Crippen molar-refractivity contribution >= 4 is 12.0 Å². The normalized spacial score (nSPS) is 15.4. The predicted octanol–water partition coefficient (Wildman–Crippen LogP) is 5.28. The number of benzene rings is 3. The number of hydrogen-bond acceptors (Lipinski definition) is 4. The van der Waals surface area contributed by atoms with Crippen LogP contribution < -0.4 is 4.74 Å². The highest BCUT2D eigenvalue weighted by Gasteiger charge is 2.27. The average molecular weight is 493 g/mol. The minimum absolute atomic E-state index is 0.0636. The van der Waals surface area contributed by atoms with Crippen molar-refractivity contribution in [2.24, 2.45) is 0 Å². The van der Waals surface area contributed by atoms with Crippen molar-refractivity contribution in [1.29, 1.82) is 0 Å². The molecule has 1 atom stereocenters. The van der Waals surface area contributed by atoms with E-state index in [0.717, 1.165) is 16.7 Å². The van der Waals surface area contributed by atoms with Gasteiger partial charge in [-0.1, -0.05) is 36.4 Å². The summed E-state index contributed by atoms with van der Waals surface area (Å²) in [5.41, 5.74) is 2.70. The Bertz CT molecular complexity index is 1130. The number of piperazine rings is 1. The van der Waals surface area contributed by atoms with Crippen LogP contribution >= 0.6 is 0 Å². The Kier molecular flexibility index (Phi) is 8.46. The third-order valence-electron chi connectivity index (χ3n) is 6.27. The Morgan fingerprint density at radius 3 is 2.03 bits per heavy atom. The SMILES string of the molecule is COC(C)Oc1cccc(/C=C/C(=O)N2CCN(C(c3ccc(F)cc3)c3ccc(F)cc3)CC2)c1. The van der Waals surface area contributed by atoms with E-state index in [-0.39, 0.29) is 29.9 Å². The van der Waals surface area contributed by atoms with Crippen LogP contribution in [0.1, 0.15) is 29.7 Å². The van der Waals surface area contributed by atoms with Gasteiger partial charge in [0.05, 0.1) is 6.04 Å². The van der Waals surface area contributed by atoms with Crippen molar-refractivity contribution in [3.8, 4) is 5.75 Å². The van der Waals surface area contributed by atoms with E-state index in [4.69, 9.17) is 9.47 Å². The Morgan fingerprint density at radius 1 is 0.889 bits per heavy atom. The molecule has 1 saturated heterocycles. The molecule has 4 rings (SSSR count). The Balaban J connectivity index is 1.41. The van der Waals surface area contributed by atoms with Gasteiger partial charge < -0.3 is 14.4 Å². The largest absolute Gasteiger partial charge is 0.465 e. The van der Waals surface area contributed by atoms with Crippen LogP contribution in [-0.2, 0) is 9.53 Å². The van der Waals surface area contributed by atoms with Gasteiger partial charge in [0.1, 0.15) is 17.4 Å². The predicted molar refractivity (Wildman–Crippen MR) is 135 cm³/mol. The zero-order valence-corrected chi connectivity index (χ0v) is 20.4. The van der Waals surface area contributed by atoms with Crippen LogP contribution in [0.25, 0.3) is 6.08 Å². The van der Waals surface area contributed by atoms with Crippen LogP contribution in [0.4, 0.5) is 8.78 Å². The molecule has 1 unspecified atom stereocenters. The van der Waals surface area contributed by atoms with E-state index in [9.17, 15) is 13.6 Å². The lowest BCUT2D eigenvalue weighted by Gasteiger charge is -2.39. The molecule has 36 heavy (non-hydrogen) atoms. The Hall–Kier alpha value is -3.55. The van der Waals surface area contributed by atoms with Crippen molar-refractivity contribution in [3.05, 3.63) is 107 Å². The molecular formula is C29H30F2N2O3. The molecule has 1 aliphatic rings. The quantitative estimate of drug-likeness (QED) is 0.317. The first-order chi connectivity index (χ1) is 17.4. The fourth-order valence-corrected chi connectivity index (χ4v) is 4.31. The number of amides is 1. The summed E-state index contributed by atoms with van der Waals surface area (Å²) in [5, 5.41) is 0. The molecule has 1 fully saturated rings. The van der Waals surface area contributed by atoms with Crippen molar-refractivity contribution in [3.63, 3.8) is 0 Å².